The van der Waals surface area contributed by atoms with Gasteiger partial charge in [0.05, 0.1) is 22.1 Å². The van der Waals surface area contributed by atoms with Gasteiger partial charge in [-0.15, -0.1) is 0 Å². The first kappa shape index (κ1) is 12.3. The van der Waals surface area contributed by atoms with Crippen LogP contribution in [0, 0.1) is 6.92 Å². The maximum absolute atomic E-state index is 6.11. The second-order valence-electron chi connectivity index (χ2n) is 3.79. The lowest BCUT2D eigenvalue weighted by Crippen LogP contribution is -1.98. The van der Waals surface area contributed by atoms with E-state index in [-0.39, 0.29) is 0 Å². The first-order valence-electron chi connectivity index (χ1n) is 5.15. The normalized spacial score (nSPS) is 10.3. The second kappa shape index (κ2) is 4.98. The molecular formula is C13H12BrClN2. The zero-order chi connectivity index (χ0) is 12.4. The Morgan fingerprint density at radius 2 is 1.94 bits per heavy atom. The van der Waals surface area contributed by atoms with Gasteiger partial charge in [0, 0.05) is 4.47 Å². The Kier molecular flexibility index (Phi) is 3.60. The molecule has 0 radical (unpaired) electrons. The van der Waals surface area contributed by atoms with Crippen molar-refractivity contribution in [3.63, 3.8) is 0 Å². The van der Waals surface area contributed by atoms with Crippen LogP contribution in [0.2, 0.25) is 5.02 Å². The van der Waals surface area contributed by atoms with Crippen molar-refractivity contribution in [3.8, 4) is 0 Å². The van der Waals surface area contributed by atoms with Gasteiger partial charge in [0.2, 0.25) is 0 Å². The standard InChI is InChI=1S/C13H12BrClN2/c1-8-3-2-4-11(13(8)16)17-12-7-9(14)5-6-10(12)15/h2-7,17H,16H2,1H3. The summed E-state index contributed by atoms with van der Waals surface area (Å²) in [6.45, 7) is 1.98. The molecule has 2 aromatic rings. The van der Waals surface area contributed by atoms with Gasteiger partial charge in [-0.1, -0.05) is 39.7 Å². The monoisotopic (exact) mass is 310 g/mol. The summed E-state index contributed by atoms with van der Waals surface area (Å²) in [6.07, 6.45) is 0. The van der Waals surface area contributed by atoms with Crippen LogP contribution in [0.4, 0.5) is 17.1 Å². The van der Waals surface area contributed by atoms with Gasteiger partial charge < -0.3 is 11.1 Å². The molecule has 88 valence electrons. The van der Waals surface area contributed by atoms with E-state index < -0.39 is 0 Å². The van der Waals surface area contributed by atoms with E-state index in [1.165, 1.54) is 0 Å². The molecule has 2 nitrogen and oxygen atoms in total. The number of rotatable bonds is 2. The Morgan fingerprint density at radius 3 is 2.71 bits per heavy atom. The molecule has 0 aliphatic carbocycles. The average molecular weight is 312 g/mol. The van der Waals surface area contributed by atoms with Gasteiger partial charge in [-0.2, -0.15) is 0 Å². The zero-order valence-corrected chi connectivity index (χ0v) is 11.6. The average Bonchev–Trinajstić information content (AvgIpc) is 2.30. The fourth-order valence-corrected chi connectivity index (χ4v) is 2.05. The van der Waals surface area contributed by atoms with Crippen LogP contribution in [0.3, 0.4) is 0 Å². The molecule has 4 heteroatoms. The number of hydrogen-bond acceptors (Lipinski definition) is 2. The summed E-state index contributed by atoms with van der Waals surface area (Å²) in [5, 5.41) is 3.90. The third-order valence-electron chi connectivity index (χ3n) is 2.52. The maximum Gasteiger partial charge on any atom is 0.0641 e. The second-order valence-corrected chi connectivity index (χ2v) is 5.11. The predicted molar refractivity (Wildman–Crippen MR) is 78.0 cm³/mol. The Morgan fingerprint density at radius 1 is 1.18 bits per heavy atom. The number of nitrogens with two attached hydrogens (primary N) is 1. The molecule has 0 saturated heterocycles. The smallest absolute Gasteiger partial charge is 0.0641 e. The van der Waals surface area contributed by atoms with Crippen molar-refractivity contribution in [2.45, 2.75) is 6.92 Å². The van der Waals surface area contributed by atoms with E-state index in [0.717, 1.165) is 27.1 Å². The lowest BCUT2D eigenvalue weighted by Gasteiger charge is -2.12. The SMILES string of the molecule is Cc1cccc(Nc2cc(Br)ccc2Cl)c1N. The number of nitrogen functional groups attached to an aromatic ring is 1. The van der Waals surface area contributed by atoms with E-state index in [2.05, 4.69) is 21.2 Å². The molecule has 17 heavy (non-hydrogen) atoms. The maximum atomic E-state index is 6.11. The first-order chi connectivity index (χ1) is 8.08. The summed E-state index contributed by atoms with van der Waals surface area (Å²) >= 11 is 9.53. The molecule has 2 aromatic carbocycles. The van der Waals surface area contributed by atoms with Crippen LogP contribution in [-0.2, 0) is 0 Å². The van der Waals surface area contributed by atoms with Crippen molar-refractivity contribution in [3.05, 3.63) is 51.5 Å². The summed E-state index contributed by atoms with van der Waals surface area (Å²) in [4.78, 5) is 0. The van der Waals surface area contributed by atoms with Crippen LogP contribution < -0.4 is 11.1 Å². The lowest BCUT2D eigenvalue weighted by molar-refractivity contribution is 1.45. The van der Waals surface area contributed by atoms with Crippen molar-refractivity contribution in [2.24, 2.45) is 0 Å². The number of nitrogens with one attached hydrogen (secondary N) is 1. The molecule has 0 fully saturated rings. The summed E-state index contributed by atoms with van der Waals surface area (Å²) in [5.74, 6) is 0. The molecule has 3 N–H and O–H groups in total. The fraction of sp³-hybridized carbons (Fsp3) is 0.0769. The van der Waals surface area contributed by atoms with Crippen LogP contribution in [-0.4, -0.2) is 0 Å². The Bertz CT molecular complexity index is 555. The van der Waals surface area contributed by atoms with Gasteiger partial charge in [-0.25, -0.2) is 0 Å². The Balaban J connectivity index is 2.38. The van der Waals surface area contributed by atoms with Crippen molar-refractivity contribution < 1.29 is 0 Å². The molecule has 2 rings (SSSR count). The van der Waals surface area contributed by atoms with Crippen LogP contribution in [0.25, 0.3) is 0 Å². The third kappa shape index (κ3) is 2.73. The molecular weight excluding hydrogens is 300 g/mol. The van der Waals surface area contributed by atoms with E-state index >= 15 is 0 Å². The minimum Gasteiger partial charge on any atom is -0.397 e. The molecule has 0 bridgehead atoms. The zero-order valence-electron chi connectivity index (χ0n) is 9.30. The molecule has 0 aliphatic rings. The molecule has 0 atom stereocenters. The van der Waals surface area contributed by atoms with Gasteiger partial charge in [0.15, 0.2) is 0 Å². The molecule has 0 amide bonds. The van der Waals surface area contributed by atoms with Gasteiger partial charge >= 0.3 is 0 Å². The quantitative estimate of drug-likeness (QED) is 0.786. The highest BCUT2D eigenvalue weighted by molar-refractivity contribution is 9.10. The van der Waals surface area contributed by atoms with Crippen LogP contribution in [0.5, 0.6) is 0 Å². The summed E-state index contributed by atoms with van der Waals surface area (Å²) < 4.78 is 0.968. The Labute approximate surface area is 114 Å². The van der Waals surface area contributed by atoms with Crippen LogP contribution in [0.1, 0.15) is 5.56 Å². The molecule has 0 unspecified atom stereocenters. The number of anilines is 3. The summed E-state index contributed by atoms with van der Waals surface area (Å²) in [5.41, 5.74) is 9.48. The van der Waals surface area contributed by atoms with Crippen LogP contribution in [0.15, 0.2) is 40.9 Å². The highest BCUT2D eigenvalue weighted by Crippen LogP contribution is 2.31. The predicted octanol–water partition coefficient (Wildman–Crippen LogP) is 4.74. The number of aryl methyl sites for hydroxylation is 1. The van der Waals surface area contributed by atoms with Crippen LogP contribution >= 0.6 is 27.5 Å². The minimum absolute atomic E-state index is 0.661. The molecule has 0 spiro atoms. The highest BCUT2D eigenvalue weighted by atomic mass is 79.9. The molecule has 0 heterocycles. The van der Waals surface area contributed by atoms with E-state index in [9.17, 15) is 0 Å². The van der Waals surface area contributed by atoms with Gasteiger partial charge in [-0.3, -0.25) is 0 Å². The van der Waals surface area contributed by atoms with Crippen molar-refractivity contribution in [2.75, 3.05) is 11.1 Å². The lowest BCUT2D eigenvalue weighted by atomic mass is 10.1. The van der Waals surface area contributed by atoms with E-state index in [1.807, 2.05) is 43.3 Å². The number of hydrogen-bond donors (Lipinski definition) is 2. The van der Waals surface area contributed by atoms with Gasteiger partial charge in [0.1, 0.15) is 0 Å². The number of benzene rings is 2. The number of halogens is 2. The Hall–Kier alpha value is -1.19. The number of para-hydroxylation sites is 1. The third-order valence-corrected chi connectivity index (χ3v) is 3.34. The van der Waals surface area contributed by atoms with Gasteiger partial charge in [0.25, 0.3) is 0 Å². The van der Waals surface area contributed by atoms with Crippen molar-refractivity contribution in [1.29, 1.82) is 0 Å². The topological polar surface area (TPSA) is 38.0 Å². The molecule has 0 aliphatic heterocycles. The fourth-order valence-electron chi connectivity index (χ4n) is 1.53. The van der Waals surface area contributed by atoms with Crippen molar-refractivity contribution >= 4 is 44.6 Å². The molecule has 0 aromatic heterocycles. The van der Waals surface area contributed by atoms with Gasteiger partial charge in [-0.05, 0) is 36.8 Å². The van der Waals surface area contributed by atoms with E-state index in [1.54, 1.807) is 0 Å². The largest absolute Gasteiger partial charge is 0.397 e. The minimum atomic E-state index is 0.661. The van der Waals surface area contributed by atoms with Crippen molar-refractivity contribution in [1.82, 2.24) is 0 Å². The molecule has 0 saturated carbocycles. The summed E-state index contributed by atoms with van der Waals surface area (Å²) in [6, 6.07) is 11.5. The van der Waals surface area contributed by atoms with E-state index in [0.29, 0.717) is 5.02 Å². The van der Waals surface area contributed by atoms with E-state index in [4.69, 9.17) is 17.3 Å². The first-order valence-corrected chi connectivity index (χ1v) is 6.32. The summed E-state index contributed by atoms with van der Waals surface area (Å²) in [7, 11) is 0. The highest BCUT2D eigenvalue weighted by Gasteiger charge is 2.05.